The van der Waals surface area contributed by atoms with Crippen molar-refractivity contribution in [1.29, 1.82) is 0 Å². The van der Waals surface area contributed by atoms with Gasteiger partial charge in [-0.3, -0.25) is 0 Å². The molecular formula is C14H23Br2NOS. The lowest BCUT2D eigenvalue weighted by Crippen LogP contribution is -2.27. The van der Waals surface area contributed by atoms with Gasteiger partial charge in [-0.1, -0.05) is 6.92 Å². The topological polar surface area (TPSA) is 21.3 Å². The molecule has 0 radical (unpaired) electrons. The van der Waals surface area contributed by atoms with Crippen LogP contribution in [0.4, 0.5) is 0 Å². The molecule has 1 rings (SSSR count). The summed E-state index contributed by atoms with van der Waals surface area (Å²) < 4.78 is 7.82. The molecule has 2 nitrogen and oxygen atoms in total. The van der Waals surface area contributed by atoms with Crippen molar-refractivity contribution >= 4 is 43.2 Å². The van der Waals surface area contributed by atoms with E-state index in [9.17, 15) is 0 Å². The summed E-state index contributed by atoms with van der Waals surface area (Å²) in [6.07, 6.45) is 3.27. The molecular weight excluding hydrogens is 390 g/mol. The van der Waals surface area contributed by atoms with Gasteiger partial charge in [0.2, 0.25) is 0 Å². The summed E-state index contributed by atoms with van der Waals surface area (Å²) in [5.41, 5.74) is -0.0577. The van der Waals surface area contributed by atoms with E-state index in [1.165, 1.54) is 4.88 Å². The molecule has 0 aromatic carbocycles. The first-order valence-electron chi connectivity index (χ1n) is 6.63. The Bertz CT molecular complexity index is 373. The van der Waals surface area contributed by atoms with E-state index in [0.717, 1.165) is 34.1 Å². The van der Waals surface area contributed by atoms with Crippen LogP contribution < -0.4 is 5.32 Å². The molecule has 1 aromatic rings. The van der Waals surface area contributed by atoms with E-state index in [1.807, 2.05) is 0 Å². The minimum absolute atomic E-state index is 0.0577. The highest BCUT2D eigenvalue weighted by Crippen LogP contribution is 2.37. The molecule has 1 unspecified atom stereocenters. The molecule has 0 saturated carbocycles. The monoisotopic (exact) mass is 411 g/mol. The highest BCUT2D eigenvalue weighted by molar-refractivity contribution is 9.13. The molecule has 5 heteroatoms. The Morgan fingerprint density at radius 1 is 1.42 bits per heavy atom. The Morgan fingerprint density at radius 2 is 2.11 bits per heavy atom. The van der Waals surface area contributed by atoms with Gasteiger partial charge in [0.25, 0.3) is 0 Å². The maximum absolute atomic E-state index is 5.51. The third kappa shape index (κ3) is 5.84. The van der Waals surface area contributed by atoms with Gasteiger partial charge in [-0.15, -0.1) is 11.3 Å². The molecule has 0 aliphatic rings. The summed E-state index contributed by atoms with van der Waals surface area (Å²) >= 11 is 8.94. The predicted molar refractivity (Wildman–Crippen MR) is 91.1 cm³/mol. The van der Waals surface area contributed by atoms with E-state index in [1.54, 1.807) is 18.4 Å². The second-order valence-corrected chi connectivity index (χ2v) is 8.54. The number of rotatable bonds is 8. The quantitative estimate of drug-likeness (QED) is 0.606. The molecule has 1 heterocycles. The molecule has 1 aromatic heterocycles. The van der Waals surface area contributed by atoms with E-state index >= 15 is 0 Å². The molecule has 1 N–H and O–H groups in total. The average molecular weight is 413 g/mol. The molecule has 0 amide bonds. The van der Waals surface area contributed by atoms with Crippen molar-refractivity contribution in [3.63, 3.8) is 0 Å². The van der Waals surface area contributed by atoms with Crippen molar-refractivity contribution in [2.45, 2.75) is 51.7 Å². The van der Waals surface area contributed by atoms with Crippen LogP contribution in [0, 0.1) is 0 Å². The van der Waals surface area contributed by atoms with Crippen LogP contribution in [-0.4, -0.2) is 19.3 Å². The van der Waals surface area contributed by atoms with E-state index in [2.05, 4.69) is 64.0 Å². The van der Waals surface area contributed by atoms with Crippen molar-refractivity contribution in [1.82, 2.24) is 5.32 Å². The molecule has 1 atom stereocenters. The lowest BCUT2D eigenvalue weighted by molar-refractivity contribution is 0.0117. The largest absolute Gasteiger partial charge is 0.379 e. The standard InChI is InChI=1S/C14H23Br2NOS/c1-5-8-17-11(6-7-14(2,3)18-4)12-9-10(15)13(16)19-12/h9,11,17H,5-8H2,1-4H3. The van der Waals surface area contributed by atoms with E-state index < -0.39 is 0 Å². The van der Waals surface area contributed by atoms with Crippen LogP contribution in [0.25, 0.3) is 0 Å². The van der Waals surface area contributed by atoms with Gasteiger partial charge >= 0.3 is 0 Å². The fourth-order valence-electron chi connectivity index (χ4n) is 1.79. The summed E-state index contributed by atoms with van der Waals surface area (Å²) in [4.78, 5) is 1.37. The second-order valence-electron chi connectivity index (χ2n) is 5.28. The molecule has 110 valence electrons. The van der Waals surface area contributed by atoms with Gasteiger partial charge in [-0.05, 0) is 77.6 Å². The van der Waals surface area contributed by atoms with Crippen LogP contribution in [-0.2, 0) is 4.74 Å². The van der Waals surface area contributed by atoms with Crippen LogP contribution in [0.2, 0.25) is 0 Å². The Morgan fingerprint density at radius 3 is 2.58 bits per heavy atom. The zero-order valence-corrected chi connectivity index (χ0v) is 16.0. The van der Waals surface area contributed by atoms with Crippen LogP contribution in [0.15, 0.2) is 14.3 Å². The summed E-state index contributed by atoms with van der Waals surface area (Å²) in [7, 11) is 1.78. The van der Waals surface area contributed by atoms with Crippen molar-refractivity contribution in [2.24, 2.45) is 0 Å². The lowest BCUT2D eigenvalue weighted by atomic mass is 9.98. The minimum atomic E-state index is -0.0577. The molecule has 0 saturated heterocycles. The van der Waals surface area contributed by atoms with Gasteiger partial charge in [0.1, 0.15) is 0 Å². The normalized spacial score (nSPS) is 13.8. The third-order valence-corrected chi connectivity index (χ3v) is 6.61. The van der Waals surface area contributed by atoms with Crippen molar-refractivity contribution in [3.8, 4) is 0 Å². The number of hydrogen-bond donors (Lipinski definition) is 1. The first kappa shape index (κ1) is 17.6. The lowest BCUT2D eigenvalue weighted by Gasteiger charge is -2.26. The number of ether oxygens (including phenoxy) is 1. The van der Waals surface area contributed by atoms with E-state index in [-0.39, 0.29) is 5.60 Å². The zero-order chi connectivity index (χ0) is 14.5. The van der Waals surface area contributed by atoms with E-state index in [4.69, 9.17) is 4.74 Å². The summed E-state index contributed by atoms with van der Waals surface area (Å²) in [5, 5.41) is 3.64. The Kier molecular flexibility index (Phi) is 7.54. The molecule has 0 spiro atoms. The number of halogens is 2. The molecule has 0 bridgehead atoms. The zero-order valence-electron chi connectivity index (χ0n) is 12.1. The second kappa shape index (κ2) is 8.13. The van der Waals surface area contributed by atoms with Gasteiger partial charge in [-0.2, -0.15) is 0 Å². The molecule has 0 aliphatic heterocycles. The van der Waals surface area contributed by atoms with Crippen LogP contribution >= 0.6 is 43.2 Å². The van der Waals surface area contributed by atoms with Gasteiger partial charge < -0.3 is 10.1 Å². The fourth-order valence-corrected chi connectivity index (χ4v) is 3.99. The van der Waals surface area contributed by atoms with Gasteiger partial charge in [-0.25, -0.2) is 0 Å². The number of nitrogens with one attached hydrogen (secondary N) is 1. The number of thiophene rings is 1. The van der Waals surface area contributed by atoms with Crippen LogP contribution in [0.3, 0.4) is 0 Å². The first-order valence-corrected chi connectivity index (χ1v) is 9.03. The van der Waals surface area contributed by atoms with Crippen molar-refractivity contribution < 1.29 is 4.74 Å². The van der Waals surface area contributed by atoms with Gasteiger partial charge in [0.15, 0.2) is 0 Å². The predicted octanol–water partition coefficient (Wildman–Crippen LogP) is 5.52. The maximum atomic E-state index is 5.51. The Labute approximate surface area is 137 Å². The minimum Gasteiger partial charge on any atom is -0.379 e. The fraction of sp³-hybridized carbons (Fsp3) is 0.714. The number of methoxy groups -OCH3 is 1. The Hall–Kier alpha value is 0.580. The van der Waals surface area contributed by atoms with Gasteiger partial charge in [0.05, 0.1) is 9.39 Å². The SMILES string of the molecule is CCCNC(CCC(C)(C)OC)c1cc(Br)c(Br)s1. The summed E-state index contributed by atoms with van der Waals surface area (Å²) in [5.74, 6) is 0. The Balaban J connectivity index is 2.71. The van der Waals surface area contributed by atoms with Crippen LogP contribution in [0.5, 0.6) is 0 Å². The first-order chi connectivity index (χ1) is 8.89. The molecule has 19 heavy (non-hydrogen) atoms. The third-order valence-electron chi connectivity index (χ3n) is 3.24. The van der Waals surface area contributed by atoms with Crippen molar-refractivity contribution in [3.05, 3.63) is 19.2 Å². The summed E-state index contributed by atoms with van der Waals surface area (Å²) in [6.45, 7) is 7.53. The maximum Gasteiger partial charge on any atom is 0.0843 e. The van der Waals surface area contributed by atoms with Crippen LogP contribution in [0.1, 0.15) is 51.0 Å². The molecule has 0 fully saturated rings. The molecule has 0 aliphatic carbocycles. The number of hydrogen-bond acceptors (Lipinski definition) is 3. The average Bonchev–Trinajstić information content (AvgIpc) is 2.69. The highest BCUT2D eigenvalue weighted by Gasteiger charge is 2.21. The smallest absolute Gasteiger partial charge is 0.0843 e. The summed E-state index contributed by atoms with van der Waals surface area (Å²) in [6, 6.07) is 2.61. The van der Waals surface area contributed by atoms with E-state index in [0.29, 0.717) is 6.04 Å². The van der Waals surface area contributed by atoms with Gasteiger partial charge in [0, 0.05) is 22.5 Å². The highest BCUT2D eigenvalue weighted by atomic mass is 79.9. The van der Waals surface area contributed by atoms with Crippen molar-refractivity contribution in [2.75, 3.05) is 13.7 Å².